The molecule has 0 aliphatic carbocycles. The van der Waals surface area contributed by atoms with Crippen LogP contribution in [-0.4, -0.2) is 56.0 Å². The lowest BCUT2D eigenvalue weighted by Gasteiger charge is -2.14. The summed E-state index contributed by atoms with van der Waals surface area (Å²) < 4.78 is 14.3. The largest absolute Gasteiger partial charge is 0.490 e. The molecule has 0 atom stereocenters. The van der Waals surface area contributed by atoms with Gasteiger partial charge in [-0.25, -0.2) is 0 Å². The maximum Gasteiger partial charge on any atom is 0.317 e. The predicted molar refractivity (Wildman–Crippen MR) is 84.7 cm³/mol. The molecule has 1 heterocycles. The van der Waals surface area contributed by atoms with Crippen LogP contribution in [0.5, 0.6) is 0 Å². The Morgan fingerprint density at radius 2 is 1.68 bits per heavy atom. The lowest BCUT2D eigenvalue weighted by atomic mass is 10.1. The van der Waals surface area contributed by atoms with E-state index >= 15 is 0 Å². The molecule has 0 bridgehead atoms. The average molecular weight is 347 g/mol. The molecular weight excluding hydrogens is 330 g/mol. The van der Waals surface area contributed by atoms with Crippen molar-refractivity contribution in [2.24, 2.45) is 0 Å². The third-order valence-electron chi connectivity index (χ3n) is 3.49. The number of nitrogens with zero attached hydrogens (tertiary/aromatic N) is 1. The van der Waals surface area contributed by atoms with E-state index in [1.54, 1.807) is 30.3 Å². The van der Waals surface area contributed by atoms with Gasteiger partial charge in [-0.3, -0.25) is 24.1 Å². The first-order chi connectivity index (χ1) is 12.0. The first-order valence-electron chi connectivity index (χ1n) is 7.42. The lowest BCUT2D eigenvalue weighted by Crippen LogP contribution is -2.35. The molecule has 25 heavy (non-hydrogen) atoms. The minimum atomic E-state index is -0.797. The molecule has 2 rings (SSSR count). The van der Waals surface area contributed by atoms with Gasteiger partial charge in [0.1, 0.15) is 13.0 Å². The van der Waals surface area contributed by atoms with Gasteiger partial charge < -0.3 is 14.2 Å². The maximum absolute atomic E-state index is 12.5. The summed E-state index contributed by atoms with van der Waals surface area (Å²) in [4.78, 5) is 48.2. The highest BCUT2D eigenvalue weighted by Crippen LogP contribution is 2.29. The normalized spacial score (nSPS) is 13.9. The fourth-order valence-electron chi connectivity index (χ4n) is 2.30. The molecule has 1 aromatic rings. The van der Waals surface area contributed by atoms with Crippen molar-refractivity contribution in [1.82, 2.24) is 4.90 Å². The maximum atomic E-state index is 12.5. The van der Waals surface area contributed by atoms with Gasteiger partial charge in [0, 0.05) is 0 Å². The zero-order valence-electron chi connectivity index (χ0n) is 13.8. The van der Waals surface area contributed by atoms with Crippen LogP contribution in [0.25, 0.3) is 5.57 Å². The fraction of sp³-hybridized carbons (Fsp3) is 0.294. The molecule has 0 aromatic heterocycles. The molecule has 1 aliphatic rings. The predicted octanol–water partition coefficient (Wildman–Crippen LogP) is 0.519. The van der Waals surface area contributed by atoms with Crippen LogP contribution >= 0.6 is 0 Å². The van der Waals surface area contributed by atoms with Crippen molar-refractivity contribution in [3.8, 4) is 0 Å². The molecule has 0 N–H and O–H groups in total. The van der Waals surface area contributed by atoms with Crippen LogP contribution in [0.4, 0.5) is 0 Å². The van der Waals surface area contributed by atoms with Crippen LogP contribution in [0.2, 0.25) is 0 Å². The minimum absolute atomic E-state index is 0.0583. The number of rotatable bonds is 7. The van der Waals surface area contributed by atoms with E-state index in [0.717, 1.165) is 12.0 Å². The molecule has 0 saturated heterocycles. The van der Waals surface area contributed by atoms with Gasteiger partial charge in [-0.05, 0) is 5.56 Å². The summed E-state index contributed by atoms with van der Waals surface area (Å²) in [7, 11) is 2.46. The smallest absolute Gasteiger partial charge is 0.317 e. The minimum Gasteiger partial charge on any atom is -0.490 e. The van der Waals surface area contributed by atoms with Gasteiger partial charge in [0.2, 0.25) is 0 Å². The van der Waals surface area contributed by atoms with Gasteiger partial charge in [-0.2, -0.15) is 0 Å². The summed E-state index contributed by atoms with van der Waals surface area (Å²) in [6, 6.07) is 8.66. The first kappa shape index (κ1) is 18.2. The topological polar surface area (TPSA) is 99.2 Å². The Morgan fingerprint density at radius 3 is 2.28 bits per heavy atom. The highest BCUT2D eigenvalue weighted by atomic mass is 16.5. The van der Waals surface area contributed by atoms with Crippen molar-refractivity contribution in [2.45, 2.75) is 6.42 Å². The molecule has 8 nitrogen and oxygen atoms in total. The van der Waals surface area contributed by atoms with E-state index in [4.69, 9.17) is 9.47 Å². The molecule has 2 amide bonds. The lowest BCUT2D eigenvalue weighted by molar-refractivity contribution is -0.155. The molecular formula is C17H17NO7. The number of hydrogen-bond acceptors (Lipinski definition) is 7. The van der Waals surface area contributed by atoms with Crippen LogP contribution in [0, 0.1) is 0 Å². The van der Waals surface area contributed by atoms with E-state index in [9.17, 15) is 19.2 Å². The van der Waals surface area contributed by atoms with Gasteiger partial charge >= 0.3 is 11.9 Å². The van der Waals surface area contributed by atoms with E-state index < -0.39 is 30.2 Å². The van der Waals surface area contributed by atoms with Crippen molar-refractivity contribution in [3.05, 3.63) is 41.7 Å². The molecule has 1 aliphatic heterocycles. The Hall–Kier alpha value is -3.16. The summed E-state index contributed by atoms with van der Waals surface area (Å²) in [6.07, 6.45) is -0.533. The summed E-state index contributed by atoms with van der Waals surface area (Å²) in [6.45, 7) is -0.375. The molecule has 0 fully saturated rings. The van der Waals surface area contributed by atoms with Gasteiger partial charge in [0.25, 0.3) is 11.8 Å². The molecule has 0 radical (unpaired) electrons. The second-order valence-corrected chi connectivity index (χ2v) is 5.01. The zero-order chi connectivity index (χ0) is 18.4. The van der Waals surface area contributed by atoms with Crippen molar-refractivity contribution in [2.75, 3.05) is 27.4 Å². The monoisotopic (exact) mass is 347 g/mol. The Bertz CT molecular complexity index is 724. The third kappa shape index (κ3) is 4.03. The number of carbonyl (C=O) groups excluding carboxylic acids is 4. The van der Waals surface area contributed by atoms with E-state index in [-0.39, 0.29) is 24.5 Å². The van der Waals surface area contributed by atoms with Crippen molar-refractivity contribution < 1.29 is 33.4 Å². The second-order valence-electron chi connectivity index (χ2n) is 5.01. The van der Waals surface area contributed by atoms with Crippen molar-refractivity contribution in [3.63, 3.8) is 0 Å². The number of esters is 2. The van der Waals surface area contributed by atoms with Gasteiger partial charge in [-0.15, -0.1) is 0 Å². The molecule has 0 unspecified atom stereocenters. The van der Waals surface area contributed by atoms with E-state index in [2.05, 4.69) is 4.74 Å². The highest BCUT2D eigenvalue weighted by Gasteiger charge is 2.40. The molecule has 1 aromatic carbocycles. The number of benzene rings is 1. The van der Waals surface area contributed by atoms with Crippen LogP contribution in [0.15, 0.2) is 36.1 Å². The number of ether oxygens (including phenoxy) is 3. The number of amides is 2. The van der Waals surface area contributed by atoms with Crippen LogP contribution in [0.1, 0.15) is 12.0 Å². The SMILES string of the molecule is COC(=O)CC(=O)OCCN1C(=O)C(OC)=C(c2ccccc2)C1=O. The van der Waals surface area contributed by atoms with Crippen molar-refractivity contribution >= 4 is 29.3 Å². The second kappa shape index (κ2) is 8.09. The average Bonchev–Trinajstić information content (AvgIpc) is 2.86. The summed E-state index contributed by atoms with van der Waals surface area (Å²) >= 11 is 0. The van der Waals surface area contributed by atoms with Gasteiger partial charge in [0.15, 0.2) is 5.76 Å². The Morgan fingerprint density at radius 1 is 1.00 bits per heavy atom. The van der Waals surface area contributed by atoms with E-state index in [1.807, 2.05) is 0 Å². The van der Waals surface area contributed by atoms with Crippen molar-refractivity contribution in [1.29, 1.82) is 0 Å². The molecule has 132 valence electrons. The number of methoxy groups -OCH3 is 2. The summed E-state index contributed by atoms with van der Waals surface area (Å²) in [5.41, 5.74) is 0.719. The summed E-state index contributed by atoms with van der Waals surface area (Å²) in [5, 5.41) is 0. The molecule has 0 spiro atoms. The van der Waals surface area contributed by atoms with Crippen LogP contribution < -0.4 is 0 Å². The Balaban J connectivity index is 2.03. The van der Waals surface area contributed by atoms with E-state index in [0.29, 0.717) is 5.56 Å². The van der Waals surface area contributed by atoms with Crippen LogP contribution in [0.3, 0.4) is 0 Å². The first-order valence-corrected chi connectivity index (χ1v) is 7.42. The zero-order valence-corrected chi connectivity index (χ0v) is 13.8. The quantitative estimate of drug-likeness (QED) is 0.403. The van der Waals surface area contributed by atoms with Crippen LogP contribution in [-0.2, 0) is 33.4 Å². The van der Waals surface area contributed by atoms with Gasteiger partial charge in [0.05, 0.1) is 26.3 Å². The Kier molecular flexibility index (Phi) is 5.89. The van der Waals surface area contributed by atoms with Gasteiger partial charge in [-0.1, -0.05) is 30.3 Å². The Labute approximate surface area is 143 Å². The molecule has 0 saturated carbocycles. The highest BCUT2D eigenvalue weighted by molar-refractivity contribution is 6.35. The third-order valence-corrected chi connectivity index (χ3v) is 3.49. The fourth-order valence-corrected chi connectivity index (χ4v) is 2.30. The number of hydrogen-bond donors (Lipinski definition) is 0. The van der Waals surface area contributed by atoms with E-state index in [1.165, 1.54) is 7.11 Å². The summed E-state index contributed by atoms with van der Waals surface area (Å²) in [5.74, 6) is -2.72. The standard InChI is InChI=1S/C17H17NO7/c1-23-12(19)10-13(20)25-9-8-18-16(21)14(15(24-2)17(18)22)11-6-4-3-5-7-11/h3-7H,8-10H2,1-2H3. The number of imide groups is 1. The molecule has 8 heteroatoms. The number of carbonyl (C=O) groups is 4.